The van der Waals surface area contributed by atoms with Gasteiger partial charge in [-0.1, -0.05) is 55.5 Å². The number of amides is 1. The van der Waals surface area contributed by atoms with Crippen molar-refractivity contribution >= 4 is 21.4 Å². The Kier molecular flexibility index (Phi) is 7.22. The standard InChI is InChI=1S/C29H26FNO4S/c1-4-36(33,34)25-15-13-22(14-16-25)27-18-26(21-9-6-5-7-10-21)19(2)29(28(27)31-20(3)32)35-24-12-8-11-23(30)17-24/h5-18H,4H2,1-3H3,(H,31,32). The third-order valence-corrected chi connectivity index (χ3v) is 7.59. The second kappa shape index (κ2) is 10.3. The van der Waals surface area contributed by atoms with Gasteiger partial charge in [-0.3, -0.25) is 4.79 Å². The maximum absolute atomic E-state index is 13.9. The van der Waals surface area contributed by atoms with Gasteiger partial charge < -0.3 is 10.1 Å². The van der Waals surface area contributed by atoms with Crippen LogP contribution < -0.4 is 10.1 Å². The lowest BCUT2D eigenvalue weighted by Crippen LogP contribution is -2.10. The normalized spacial score (nSPS) is 11.2. The molecule has 7 heteroatoms. The van der Waals surface area contributed by atoms with Crippen LogP contribution >= 0.6 is 0 Å². The largest absolute Gasteiger partial charge is 0.455 e. The lowest BCUT2D eigenvalue weighted by atomic mass is 9.92. The molecule has 4 aromatic carbocycles. The highest BCUT2D eigenvalue weighted by Gasteiger charge is 2.21. The van der Waals surface area contributed by atoms with Crippen molar-refractivity contribution in [2.75, 3.05) is 11.1 Å². The van der Waals surface area contributed by atoms with Gasteiger partial charge in [-0.15, -0.1) is 0 Å². The summed E-state index contributed by atoms with van der Waals surface area (Å²) in [7, 11) is -3.37. The van der Waals surface area contributed by atoms with E-state index in [1.807, 2.05) is 43.3 Å². The van der Waals surface area contributed by atoms with Crippen LogP contribution in [0.15, 0.2) is 89.8 Å². The summed E-state index contributed by atoms with van der Waals surface area (Å²) < 4.78 is 44.8. The molecule has 184 valence electrons. The number of hydrogen-bond acceptors (Lipinski definition) is 4. The number of carbonyl (C=O) groups excluding carboxylic acids is 1. The second-order valence-corrected chi connectivity index (χ2v) is 10.6. The zero-order valence-corrected chi connectivity index (χ0v) is 21.0. The molecule has 0 aliphatic carbocycles. The van der Waals surface area contributed by atoms with E-state index >= 15 is 0 Å². The fourth-order valence-corrected chi connectivity index (χ4v) is 4.87. The van der Waals surface area contributed by atoms with Crippen LogP contribution in [0, 0.1) is 12.7 Å². The van der Waals surface area contributed by atoms with Crippen LogP contribution in [-0.4, -0.2) is 20.1 Å². The summed E-state index contributed by atoms with van der Waals surface area (Å²) in [5.74, 6) is -0.101. The van der Waals surface area contributed by atoms with Crippen molar-refractivity contribution in [2.45, 2.75) is 25.7 Å². The number of anilines is 1. The number of carbonyl (C=O) groups is 1. The van der Waals surface area contributed by atoms with Gasteiger partial charge in [0.1, 0.15) is 11.6 Å². The molecule has 36 heavy (non-hydrogen) atoms. The van der Waals surface area contributed by atoms with E-state index in [1.165, 1.54) is 19.1 Å². The molecule has 0 aliphatic heterocycles. The Labute approximate surface area is 210 Å². The highest BCUT2D eigenvalue weighted by molar-refractivity contribution is 7.91. The number of benzene rings is 4. The van der Waals surface area contributed by atoms with Crippen molar-refractivity contribution in [1.82, 2.24) is 0 Å². The molecule has 4 rings (SSSR count). The molecule has 1 N–H and O–H groups in total. The summed E-state index contributed by atoms with van der Waals surface area (Å²) in [6, 6.07) is 24.0. The monoisotopic (exact) mass is 503 g/mol. The molecule has 0 spiro atoms. The minimum atomic E-state index is -3.37. The number of nitrogens with one attached hydrogen (secondary N) is 1. The van der Waals surface area contributed by atoms with Gasteiger partial charge in [0.05, 0.1) is 16.3 Å². The first kappa shape index (κ1) is 25.1. The summed E-state index contributed by atoms with van der Waals surface area (Å²) in [5.41, 5.74) is 4.28. The predicted molar refractivity (Wildman–Crippen MR) is 141 cm³/mol. The van der Waals surface area contributed by atoms with Crippen molar-refractivity contribution < 1.29 is 22.3 Å². The molecule has 0 heterocycles. The van der Waals surface area contributed by atoms with Crippen molar-refractivity contribution in [1.29, 1.82) is 0 Å². The molecule has 0 radical (unpaired) electrons. The van der Waals surface area contributed by atoms with Gasteiger partial charge in [-0.05, 0) is 53.9 Å². The molecule has 1 amide bonds. The summed E-state index contributed by atoms with van der Waals surface area (Å²) in [5, 5.41) is 2.87. The van der Waals surface area contributed by atoms with E-state index in [2.05, 4.69) is 5.32 Å². The molecule has 0 saturated heterocycles. The Hall–Kier alpha value is -3.97. The highest BCUT2D eigenvalue weighted by atomic mass is 32.2. The topological polar surface area (TPSA) is 72.5 Å². The Bertz CT molecular complexity index is 1520. The van der Waals surface area contributed by atoms with E-state index in [4.69, 9.17) is 4.74 Å². The van der Waals surface area contributed by atoms with E-state index in [-0.39, 0.29) is 22.3 Å². The van der Waals surface area contributed by atoms with Crippen LogP contribution in [0.4, 0.5) is 10.1 Å². The van der Waals surface area contributed by atoms with Gasteiger partial charge in [0.15, 0.2) is 15.6 Å². The summed E-state index contributed by atoms with van der Waals surface area (Å²) in [6.07, 6.45) is 0. The quantitative estimate of drug-likeness (QED) is 0.294. The number of halogens is 1. The Balaban J connectivity index is 1.98. The zero-order valence-electron chi connectivity index (χ0n) is 20.2. The molecule has 0 aromatic heterocycles. The third-order valence-electron chi connectivity index (χ3n) is 5.84. The summed E-state index contributed by atoms with van der Waals surface area (Å²) in [4.78, 5) is 12.5. The van der Waals surface area contributed by atoms with Crippen LogP contribution in [0.2, 0.25) is 0 Å². The SMILES string of the molecule is CCS(=O)(=O)c1ccc(-c2cc(-c3ccccc3)c(C)c(Oc3cccc(F)c3)c2NC(C)=O)cc1. The Morgan fingerprint density at radius 2 is 1.56 bits per heavy atom. The molecule has 4 aromatic rings. The van der Waals surface area contributed by atoms with Crippen LogP contribution in [0.1, 0.15) is 19.4 Å². The van der Waals surface area contributed by atoms with Gasteiger partial charge in [0, 0.05) is 24.1 Å². The Morgan fingerprint density at radius 1 is 0.889 bits per heavy atom. The van der Waals surface area contributed by atoms with E-state index in [1.54, 1.807) is 43.3 Å². The van der Waals surface area contributed by atoms with E-state index in [9.17, 15) is 17.6 Å². The first-order valence-corrected chi connectivity index (χ1v) is 13.1. The molecular weight excluding hydrogens is 477 g/mol. The second-order valence-electron chi connectivity index (χ2n) is 8.34. The number of hydrogen-bond donors (Lipinski definition) is 1. The molecule has 0 bridgehead atoms. The van der Waals surface area contributed by atoms with Crippen LogP contribution in [0.5, 0.6) is 11.5 Å². The predicted octanol–water partition coefficient (Wildman–Crippen LogP) is 7.01. The molecule has 0 atom stereocenters. The molecule has 0 fully saturated rings. The number of ether oxygens (including phenoxy) is 1. The smallest absolute Gasteiger partial charge is 0.221 e. The molecule has 0 unspecified atom stereocenters. The first-order chi connectivity index (χ1) is 17.2. The fourth-order valence-electron chi connectivity index (χ4n) is 3.99. The first-order valence-electron chi connectivity index (χ1n) is 11.5. The minimum absolute atomic E-state index is 0.00218. The van der Waals surface area contributed by atoms with Crippen molar-refractivity contribution in [2.24, 2.45) is 0 Å². The molecule has 0 aliphatic rings. The van der Waals surface area contributed by atoms with Crippen molar-refractivity contribution in [3.63, 3.8) is 0 Å². The molecule has 0 saturated carbocycles. The van der Waals surface area contributed by atoms with Crippen molar-refractivity contribution in [3.05, 3.63) is 96.3 Å². The van der Waals surface area contributed by atoms with Gasteiger partial charge in [0.2, 0.25) is 5.91 Å². The highest BCUT2D eigenvalue weighted by Crippen LogP contribution is 2.45. The van der Waals surface area contributed by atoms with Gasteiger partial charge in [-0.25, -0.2) is 12.8 Å². The summed E-state index contributed by atoms with van der Waals surface area (Å²) in [6.45, 7) is 4.87. The van der Waals surface area contributed by atoms with E-state index in [0.717, 1.165) is 16.7 Å². The minimum Gasteiger partial charge on any atom is -0.455 e. The number of sulfone groups is 1. The van der Waals surface area contributed by atoms with Gasteiger partial charge in [0.25, 0.3) is 0 Å². The van der Waals surface area contributed by atoms with E-state index < -0.39 is 15.7 Å². The van der Waals surface area contributed by atoms with Crippen LogP contribution in [0.3, 0.4) is 0 Å². The van der Waals surface area contributed by atoms with Gasteiger partial charge in [-0.2, -0.15) is 0 Å². The van der Waals surface area contributed by atoms with Crippen LogP contribution in [-0.2, 0) is 14.6 Å². The van der Waals surface area contributed by atoms with Crippen molar-refractivity contribution in [3.8, 4) is 33.8 Å². The lowest BCUT2D eigenvalue weighted by molar-refractivity contribution is -0.114. The lowest BCUT2D eigenvalue weighted by Gasteiger charge is -2.21. The zero-order chi connectivity index (χ0) is 25.9. The van der Waals surface area contributed by atoms with E-state index in [0.29, 0.717) is 22.6 Å². The van der Waals surface area contributed by atoms with Gasteiger partial charge >= 0.3 is 0 Å². The average Bonchev–Trinajstić information content (AvgIpc) is 2.87. The van der Waals surface area contributed by atoms with Crippen LogP contribution in [0.25, 0.3) is 22.3 Å². The summed E-state index contributed by atoms with van der Waals surface area (Å²) >= 11 is 0. The average molecular weight is 504 g/mol. The molecular formula is C29H26FNO4S. The maximum atomic E-state index is 13.9. The number of rotatable bonds is 7. The maximum Gasteiger partial charge on any atom is 0.221 e. The fraction of sp³-hybridized carbons (Fsp3) is 0.138. The molecule has 5 nitrogen and oxygen atoms in total. The third kappa shape index (κ3) is 5.31. The Morgan fingerprint density at radius 3 is 2.17 bits per heavy atom.